The minimum atomic E-state index is -2.83. The van der Waals surface area contributed by atoms with Crippen LogP contribution in [0.1, 0.15) is 11.4 Å². The van der Waals surface area contributed by atoms with Gasteiger partial charge in [-0.25, -0.2) is 13.5 Å². The topological polar surface area (TPSA) is 57.3 Å². The molecule has 0 amide bonds. The third kappa shape index (κ3) is 4.90. The molecule has 0 radical (unpaired) electrons. The minimum absolute atomic E-state index is 0.623. The molecule has 0 spiro atoms. The zero-order valence-electron chi connectivity index (χ0n) is 21.9. The third-order valence-corrected chi connectivity index (χ3v) is 19.6. The van der Waals surface area contributed by atoms with E-state index in [1.54, 1.807) is 0 Å². The van der Waals surface area contributed by atoms with Crippen LogP contribution < -0.4 is 21.2 Å². The first-order valence-corrected chi connectivity index (χ1v) is 19.0. The lowest BCUT2D eigenvalue weighted by Gasteiger charge is -2.38. The second-order valence-electron chi connectivity index (χ2n) is 9.72. The molecule has 1 aliphatic heterocycles. The van der Waals surface area contributed by atoms with Gasteiger partial charge in [0.1, 0.15) is 27.5 Å². The normalized spacial score (nSPS) is 19.9. The Morgan fingerprint density at radius 1 is 0.500 bits per heavy atom. The predicted octanol–water partition coefficient (Wildman–Crippen LogP) is 8.62. The Hall–Kier alpha value is -2.96. The van der Waals surface area contributed by atoms with Gasteiger partial charge < -0.3 is 5.11 Å². The molecule has 0 saturated heterocycles. The van der Waals surface area contributed by atoms with Crippen molar-refractivity contribution in [3.8, 4) is 0 Å². The van der Waals surface area contributed by atoms with Gasteiger partial charge in [0.15, 0.2) is 0 Å². The summed E-state index contributed by atoms with van der Waals surface area (Å²) in [5.74, 6) is -0.904. The summed E-state index contributed by atoms with van der Waals surface area (Å²) in [7, 11) is -8.40. The molecule has 0 fully saturated rings. The molecule has 1 heterocycles. The highest BCUT2D eigenvalue weighted by atomic mass is 35.5. The van der Waals surface area contributed by atoms with Crippen LogP contribution >= 0.6 is 33.2 Å². The Kier molecular flexibility index (Phi) is 7.58. The molecule has 40 heavy (non-hydrogen) atoms. The van der Waals surface area contributed by atoms with E-state index in [2.05, 4.69) is 55.2 Å². The van der Waals surface area contributed by atoms with Gasteiger partial charge in [0.2, 0.25) is 0 Å². The Balaban J connectivity index is 1.82. The van der Waals surface area contributed by atoms with Crippen molar-refractivity contribution >= 4 is 54.4 Å². The van der Waals surface area contributed by atoms with E-state index in [0.29, 0.717) is 5.02 Å². The minimum Gasteiger partial charge on any atom is -0.380 e. The standard InChI is InChI=1S/C32H29ClN3OP3/c1-38(32(37)26-22-24-27(33)25-23-26)34-39(28-14-6-2-7-15-28,29-16-8-3-9-17-29)36-40(35-38,30-18-10-4-11-19-30)31-20-12-5-13-21-31/h2-25,32,37H,1H3. The number of nitrogens with zero attached hydrogens (tertiary/aromatic N) is 3. The highest BCUT2D eigenvalue weighted by molar-refractivity contribution is 7.97. The van der Waals surface area contributed by atoms with E-state index in [1.807, 2.05) is 97.1 Å². The van der Waals surface area contributed by atoms with Crippen molar-refractivity contribution in [2.24, 2.45) is 13.5 Å². The van der Waals surface area contributed by atoms with Crippen LogP contribution in [-0.2, 0) is 0 Å². The van der Waals surface area contributed by atoms with Gasteiger partial charge in [0, 0.05) is 26.2 Å². The van der Waals surface area contributed by atoms with Crippen LogP contribution in [0.4, 0.5) is 0 Å². The molecule has 0 saturated carbocycles. The van der Waals surface area contributed by atoms with Crippen LogP contribution in [0.25, 0.3) is 0 Å². The van der Waals surface area contributed by atoms with Crippen LogP contribution in [0.3, 0.4) is 0 Å². The van der Waals surface area contributed by atoms with E-state index < -0.39 is 27.5 Å². The molecule has 4 nitrogen and oxygen atoms in total. The van der Waals surface area contributed by atoms with Crippen molar-refractivity contribution in [1.82, 2.24) is 0 Å². The maximum Gasteiger partial charge on any atom is 0.137 e. The van der Waals surface area contributed by atoms with Crippen LogP contribution in [0.5, 0.6) is 0 Å². The molecule has 1 aliphatic rings. The summed E-state index contributed by atoms with van der Waals surface area (Å²) in [6, 6.07) is 48.9. The molecule has 2 atom stereocenters. The van der Waals surface area contributed by atoms with Gasteiger partial charge in [-0.05, 0) is 24.4 Å². The monoisotopic (exact) mass is 599 g/mol. The number of aliphatic hydroxyl groups excluding tert-OH is 1. The molecular formula is C32H29ClN3OP3. The maximum absolute atomic E-state index is 12.2. The SMILES string of the molecule is CP1(C(O)c2ccc(Cl)cc2)=NP(c2ccccc2)(c2ccccc2)=NP(c2ccccc2)(c2ccccc2)=N1. The summed E-state index contributed by atoms with van der Waals surface area (Å²) in [5, 5.41) is 17.0. The van der Waals surface area contributed by atoms with Gasteiger partial charge >= 0.3 is 0 Å². The zero-order chi connectivity index (χ0) is 27.6. The van der Waals surface area contributed by atoms with Crippen molar-refractivity contribution in [2.45, 2.75) is 5.85 Å². The molecule has 5 aromatic carbocycles. The summed E-state index contributed by atoms with van der Waals surface area (Å²) in [6.45, 7) is 2.06. The van der Waals surface area contributed by atoms with E-state index in [0.717, 1.165) is 26.8 Å². The highest BCUT2D eigenvalue weighted by Crippen LogP contribution is 2.79. The summed E-state index contributed by atoms with van der Waals surface area (Å²) in [5.41, 5.74) is 0.757. The van der Waals surface area contributed by atoms with Crippen molar-refractivity contribution in [3.05, 3.63) is 156 Å². The summed E-state index contributed by atoms with van der Waals surface area (Å²) in [6.07, 6.45) is 0. The smallest absolute Gasteiger partial charge is 0.137 e. The maximum atomic E-state index is 12.2. The van der Waals surface area contributed by atoms with Crippen LogP contribution in [0.15, 0.2) is 159 Å². The number of halogens is 1. The first-order chi connectivity index (χ1) is 19.5. The molecule has 0 bridgehead atoms. The summed E-state index contributed by atoms with van der Waals surface area (Å²) >= 11 is 6.22. The molecule has 6 rings (SSSR count). The van der Waals surface area contributed by atoms with E-state index in [-0.39, 0.29) is 0 Å². The number of aliphatic hydroxyl groups is 1. The van der Waals surface area contributed by atoms with Crippen molar-refractivity contribution in [1.29, 1.82) is 0 Å². The first kappa shape index (κ1) is 27.2. The third-order valence-electron chi connectivity index (χ3n) is 6.98. The van der Waals surface area contributed by atoms with Crippen molar-refractivity contribution < 1.29 is 5.11 Å². The molecule has 200 valence electrons. The van der Waals surface area contributed by atoms with Crippen LogP contribution in [-0.4, -0.2) is 11.8 Å². The van der Waals surface area contributed by atoms with Crippen molar-refractivity contribution in [3.63, 3.8) is 0 Å². The summed E-state index contributed by atoms with van der Waals surface area (Å²) < 4.78 is 17.2. The molecule has 5 aromatic rings. The van der Waals surface area contributed by atoms with E-state index in [9.17, 15) is 5.11 Å². The average molecular weight is 600 g/mol. The largest absolute Gasteiger partial charge is 0.380 e. The average Bonchev–Trinajstić information content (AvgIpc) is 3.02. The fraction of sp³-hybridized carbons (Fsp3) is 0.0625. The molecule has 0 aromatic heterocycles. The van der Waals surface area contributed by atoms with Gasteiger partial charge in [-0.15, -0.1) is 0 Å². The number of benzene rings is 5. The Morgan fingerprint density at radius 3 is 1.23 bits per heavy atom. The molecule has 8 heteroatoms. The Labute approximate surface area is 241 Å². The lowest BCUT2D eigenvalue weighted by molar-refractivity contribution is 0.262. The molecular weight excluding hydrogens is 571 g/mol. The molecule has 2 unspecified atom stereocenters. The fourth-order valence-corrected chi connectivity index (χ4v) is 20.0. The summed E-state index contributed by atoms with van der Waals surface area (Å²) in [4.78, 5) is 0. The Morgan fingerprint density at radius 2 is 0.850 bits per heavy atom. The first-order valence-electron chi connectivity index (χ1n) is 13.0. The van der Waals surface area contributed by atoms with Crippen molar-refractivity contribution in [2.75, 3.05) is 6.66 Å². The van der Waals surface area contributed by atoms with E-state index in [4.69, 9.17) is 25.1 Å². The quantitative estimate of drug-likeness (QED) is 0.195. The van der Waals surface area contributed by atoms with Gasteiger partial charge in [0.05, 0.1) is 0 Å². The van der Waals surface area contributed by atoms with Gasteiger partial charge in [-0.1, -0.05) is 145 Å². The van der Waals surface area contributed by atoms with Gasteiger partial charge in [-0.3, -0.25) is 0 Å². The lowest BCUT2D eigenvalue weighted by atomic mass is 10.2. The zero-order valence-corrected chi connectivity index (χ0v) is 25.4. The fourth-order valence-electron chi connectivity index (χ4n) is 5.03. The van der Waals surface area contributed by atoms with Gasteiger partial charge in [0.25, 0.3) is 0 Å². The lowest BCUT2D eigenvalue weighted by Crippen LogP contribution is -2.21. The number of rotatable bonds is 6. The number of hydrogen-bond acceptors (Lipinski definition) is 4. The highest BCUT2D eigenvalue weighted by Gasteiger charge is 2.41. The molecule has 1 N–H and O–H groups in total. The van der Waals surface area contributed by atoms with Crippen LogP contribution in [0, 0.1) is 0 Å². The second-order valence-corrected chi connectivity index (χ2v) is 19.2. The van der Waals surface area contributed by atoms with Gasteiger partial charge in [-0.2, -0.15) is 0 Å². The number of hydrogen-bond donors (Lipinski definition) is 1. The van der Waals surface area contributed by atoms with Crippen LogP contribution in [0.2, 0.25) is 5.02 Å². The van der Waals surface area contributed by atoms with E-state index in [1.165, 1.54) is 0 Å². The van der Waals surface area contributed by atoms with E-state index >= 15 is 0 Å². The second kappa shape index (κ2) is 11.1. The Bertz CT molecular complexity index is 1630. The predicted molar refractivity (Wildman–Crippen MR) is 175 cm³/mol. The molecule has 0 aliphatic carbocycles.